The number of nitrogens with two attached hydrogens (primary N) is 1. The standard InChI is InChI=1S/C10H13ClN2O2/c1-6(10(14)15)13(2)9-5-7(11)3-4-8(9)12/h3-6H,12H2,1-2H3,(H,14,15). The molecule has 0 amide bonds. The molecule has 0 bridgehead atoms. The van der Waals surface area contributed by atoms with Gasteiger partial charge in [-0.25, -0.2) is 4.79 Å². The zero-order chi connectivity index (χ0) is 11.6. The first kappa shape index (κ1) is 11.7. The van der Waals surface area contributed by atoms with Crippen LogP contribution in [0.15, 0.2) is 18.2 Å². The van der Waals surface area contributed by atoms with Crippen molar-refractivity contribution in [3.8, 4) is 0 Å². The first-order valence-electron chi connectivity index (χ1n) is 4.44. The number of likely N-dealkylation sites (N-methyl/N-ethyl adjacent to an activating group) is 1. The van der Waals surface area contributed by atoms with Crippen LogP contribution in [0.3, 0.4) is 0 Å². The molecule has 1 aromatic carbocycles. The molecular formula is C10H13ClN2O2. The predicted molar refractivity (Wildman–Crippen MR) is 61.4 cm³/mol. The molecule has 0 aliphatic carbocycles. The number of halogens is 1. The van der Waals surface area contributed by atoms with E-state index in [0.717, 1.165) is 0 Å². The summed E-state index contributed by atoms with van der Waals surface area (Å²) in [5.41, 5.74) is 6.87. The SMILES string of the molecule is CC(C(=O)O)N(C)c1cc(Cl)ccc1N. The Hall–Kier alpha value is -1.42. The molecular weight excluding hydrogens is 216 g/mol. The van der Waals surface area contributed by atoms with Gasteiger partial charge >= 0.3 is 5.97 Å². The van der Waals surface area contributed by atoms with E-state index in [0.29, 0.717) is 16.4 Å². The van der Waals surface area contributed by atoms with Crippen LogP contribution < -0.4 is 10.6 Å². The minimum atomic E-state index is -0.906. The average Bonchev–Trinajstić information content (AvgIpc) is 2.19. The zero-order valence-corrected chi connectivity index (χ0v) is 9.32. The molecule has 1 aromatic rings. The van der Waals surface area contributed by atoms with E-state index in [1.807, 2.05) is 0 Å². The molecule has 0 aliphatic rings. The number of nitrogen functional groups attached to an aromatic ring is 1. The number of nitrogens with zero attached hydrogens (tertiary/aromatic N) is 1. The van der Waals surface area contributed by atoms with Crippen LogP contribution in [0.4, 0.5) is 11.4 Å². The van der Waals surface area contributed by atoms with Gasteiger partial charge in [0.2, 0.25) is 0 Å². The van der Waals surface area contributed by atoms with Gasteiger partial charge in [0, 0.05) is 12.1 Å². The quantitative estimate of drug-likeness (QED) is 0.775. The molecule has 0 saturated carbocycles. The number of rotatable bonds is 3. The maximum Gasteiger partial charge on any atom is 0.326 e. The van der Waals surface area contributed by atoms with E-state index in [4.69, 9.17) is 22.4 Å². The maximum absolute atomic E-state index is 10.8. The highest BCUT2D eigenvalue weighted by molar-refractivity contribution is 6.31. The van der Waals surface area contributed by atoms with Crippen LogP contribution in [-0.4, -0.2) is 24.2 Å². The molecule has 3 N–H and O–H groups in total. The second kappa shape index (κ2) is 4.40. The van der Waals surface area contributed by atoms with Gasteiger partial charge < -0.3 is 15.7 Å². The summed E-state index contributed by atoms with van der Waals surface area (Å²) in [7, 11) is 1.67. The van der Waals surface area contributed by atoms with E-state index in [1.54, 1.807) is 37.1 Å². The third-order valence-electron chi connectivity index (χ3n) is 2.31. The van der Waals surface area contributed by atoms with E-state index in [2.05, 4.69) is 0 Å². The Morgan fingerprint density at radius 3 is 2.73 bits per heavy atom. The number of hydrogen-bond donors (Lipinski definition) is 2. The normalized spacial score (nSPS) is 12.2. The molecule has 1 atom stereocenters. The lowest BCUT2D eigenvalue weighted by Crippen LogP contribution is -2.36. The molecule has 0 saturated heterocycles. The van der Waals surface area contributed by atoms with Gasteiger partial charge in [0.25, 0.3) is 0 Å². The first-order chi connectivity index (χ1) is 6.93. The van der Waals surface area contributed by atoms with Crippen molar-refractivity contribution in [3.63, 3.8) is 0 Å². The zero-order valence-electron chi connectivity index (χ0n) is 8.57. The van der Waals surface area contributed by atoms with Gasteiger partial charge in [0.15, 0.2) is 0 Å². The summed E-state index contributed by atoms with van der Waals surface area (Å²) in [5.74, 6) is -0.906. The molecule has 0 aromatic heterocycles. The summed E-state index contributed by atoms with van der Waals surface area (Å²) in [6.07, 6.45) is 0. The van der Waals surface area contributed by atoms with E-state index in [-0.39, 0.29) is 0 Å². The molecule has 1 unspecified atom stereocenters. The van der Waals surface area contributed by atoms with Crippen LogP contribution in [0, 0.1) is 0 Å². The smallest absolute Gasteiger partial charge is 0.326 e. The molecule has 82 valence electrons. The maximum atomic E-state index is 10.8. The van der Waals surface area contributed by atoms with E-state index in [9.17, 15) is 4.79 Å². The number of hydrogen-bond acceptors (Lipinski definition) is 3. The largest absolute Gasteiger partial charge is 0.480 e. The summed E-state index contributed by atoms with van der Waals surface area (Å²) in [6.45, 7) is 1.59. The van der Waals surface area contributed by atoms with Crippen LogP contribution in [0.25, 0.3) is 0 Å². The summed E-state index contributed by atoms with van der Waals surface area (Å²) in [4.78, 5) is 12.4. The Morgan fingerprint density at radius 2 is 2.20 bits per heavy atom. The minimum Gasteiger partial charge on any atom is -0.480 e. The molecule has 15 heavy (non-hydrogen) atoms. The van der Waals surface area contributed by atoms with Crippen molar-refractivity contribution in [2.24, 2.45) is 0 Å². The van der Waals surface area contributed by atoms with Gasteiger partial charge in [-0.1, -0.05) is 11.6 Å². The van der Waals surface area contributed by atoms with Gasteiger partial charge in [-0.05, 0) is 25.1 Å². The third-order valence-corrected chi connectivity index (χ3v) is 2.55. The van der Waals surface area contributed by atoms with Crippen molar-refractivity contribution in [1.82, 2.24) is 0 Å². The monoisotopic (exact) mass is 228 g/mol. The molecule has 0 fully saturated rings. The van der Waals surface area contributed by atoms with Gasteiger partial charge in [-0.2, -0.15) is 0 Å². The van der Waals surface area contributed by atoms with E-state index >= 15 is 0 Å². The fourth-order valence-electron chi connectivity index (χ4n) is 1.20. The minimum absolute atomic E-state index is 0.509. The lowest BCUT2D eigenvalue weighted by atomic mass is 10.2. The Bertz CT molecular complexity index is 382. The second-order valence-electron chi connectivity index (χ2n) is 3.33. The number of carboxylic acid groups (broad SMARTS) is 1. The molecule has 0 aliphatic heterocycles. The van der Waals surface area contributed by atoms with E-state index < -0.39 is 12.0 Å². The lowest BCUT2D eigenvalue weighted by Gasteiger charge is -2.25. The number of aliphatic carboxylic acids is 1. The highest BCUT2D eigenvalue weighted by Crippen LogP contribution is 2.27. The summed E-state index contributed by atoms with van der Waals surface area (Å²) >= 11 is 5.82. The molecule has 0 heterocycles. The van der Waals surface area contributed by atoms with Crippen LogP contribution in [0.5, 0.6) is 0 Å². The van der Waals surface area contributed by atoms with Gasteiger partial charge in [0.05, 0.1) is 11.4 Å². The summed E-state index contributed by atoms with van der Waals surface area (Å²) in [5, 5.41) is 9.39. The second-order valence-corrected chi connectivity index (χ2v) is 3.76. The van der Waals surface area contributed by atoms with Crippen molar-refractivity contribution in [2.75, 3.05) is 17.7 Å². The topological polar surface area (TPSA) is 66.6 Å². The first-order valence-corrected chi connectivity index (χ1v) is 4.82. The van der Waals surface area contributed by atoms with Gasteiger partial charge in [0.1, 0.15) is 6.04 Å². The van der Waals surface area contributed by atoms with Crippen molar-refractivity contribution >= 4 is 28.9 Å². The third kappa shape index (κ3) is 2.53. The Balaban J connectivity index is 3.04. The fourth-order valence-corrected chi connectivity index (χ4v) is 1.36. The van der Waals surface area contributed by atoms with Crippen molar-refractivity contribution in [1.29, 1.82) is 0 Å². The average molecular weight is 229 g/mol. The predicted octanol–water partition coefficient (Wildman–Crippen LogP) is 1.83. The molecule has 0 spiro atoms. The number of anilines is 2. The number of benzene rings is 1. The Labute approximate surface area is 93.2 Å². The Morgan fingerprint density at radius 1 is 1.60 bits per heavy atom. The van der Waals surface area contributed by atoms with Gasteiger partial charge in [-0.3, -0.25) is 0 Å². The highest BCUT2D eigenvalue weighted by Gasteiger charge is 2.18. The van der Waals surface area contributed by atoms with Crippen molar-refractivity contribution in [2.45, 2.75) is 13.0 Å². The number of carbonyl (C=O) groups is 1. The number of carboxylic acids is 1. The fraction of sp³-hybridized carbons (Fsp3) is 0.300. The molecule has 5 heteroatoms. The lowest BCUT2D eigenvalue weighted by molar-refractivity contribution is -0.138. The van der Waals surface area contributed by atoms with Crippen molar-refractivity contribution < 1.29 is 9.90 Å². The van der Waals surface area contributed by atoms with Crippen LogP contribution >= 0.6 is 11.6 Å². The van der Waals surface area contributed by atoms with Crippen LogP contribution in [0.1, 0.15) is 6.92 Å². The van der Waals surface area contributed by atoms with E-state index in [1.165, 1.54) is 0 Å². The van der Waals surface area contributed by atoms with Crippen LogP contribution in [-0.2, 0) is 4.79 Å². The molecule has 0 radical (unpaired) electrons. The molecule has 4 nitrogen and oxygen atoms in total. The molecule has 1 rings (SSSR count). The summed E-state index contributed by atoms with van der Waals surface area (Å²) in [6, 6.07) is 4.32. The Kier molecular flexibility index (Phi) is 3.42. The van der Waals surface area contributed by atoms with Gasteiger partial charge in [-0.15, -0.1) is 0 Å². The summed E-state index contributed by atoms with van der Waals surface area (Å²) < 4.78 is 0. The van der Waals surface area contributed by atoms with Crippen molar-refractivity contribution in [3.05, 3.63) is 23.2 Å². The highest BCUT2D eigenvalue weighted by atomic mass is 35.5. The van der Waals surface area contributed by atoms with Crippen LogP contribution in [0.2, 0.25) is 5.02 Å².